The van der Waals surface area contributed by atoms with Gasteiger partial charge in [0.05, 0.1) is 11.2 Å². The molecule has 0 bridgehead atoms. The van der Waals surface area contributed by atoms with Gasteiger partial charge in [0, 0.05) is 17.1 Å². The smallest absolute Gasteiger partial charge is 0.255 e. The van der Waals surface area contributed by atoms with Gasteiger partial charge in [-0.2, -0.15) is 0 Å². The van der Waals surface area contributed by atoms with E-state index in [0.717, 1.165) is 16.5 Å². The number of hydrogen-bond donors (Lipinski definition) is 1. The maximum absolute atomic E-state index is 13.4. The van der Waals surface area contributed by atoms with Crippen molar-refractivity contribution in [1.29, 1.82) is 0 Å². The number of fused-ring (bicyclic) bond motifs is 1. The Labute approximate surface area is 162 Å². The SMILES string of the molecule is O=C(Nc1ccc(C=Cc2ccccc2)c2cccnc12)c1cccc(F)c1. The number of carbonyl (C=O) groups is 1. The summed E-state index contributed by atoms with van der Waals surface area (Å²) in [7, 11) is 0. The van der Waals surface area contributed by atoms with E-state index in [9.17, 15) is 9.18 Å². The Morgan fingerprint density at radius 1 is 0.893 bits per heavy atom. The fraction of sp³-hybridized carbons (Fsp3) is 0. The first-order valence-electron chi connectivity index (χ1n) is 8.88. The van der Waals surface area contributed by atoms with Gasteiger partial charge in [-0.15, -0.1) is 0 Å². The highest BCUT2D eigenvalue weighted by Gasteiger charge is 2.11. The third kappa shape index (κ3) is 3.81. The number of pyridine rings is 1. The van der Waals surface area contributed by atoms with E-state index in [1.54, 1.807) is 12.3 Å². The van der Waals surface area contributed by atoms with E-state index in [4.69, 9.17) is 0 Å². The first kappa shape index (κ1) is 17.6. The summed E-state index contributed by atoms with van der Waals surface area (Å²) < 4.78 is 13.4. The number of nitrogens with one attached hydrogen (secondary N) is 1. The van der Waals surface area contributed by atoms with E-state index in [2.05, 4.69) is 10.3 Å². The van der Waals surface area contributed by atoms with Crippen LogP contribution in [0.15, 0.2) is 85.1 Å². The van der Waals surface area contributed by atoms with Crippen LogP contribution in [0.2, 0.25) is 0 Å². The third-order valence-corrected chi connectivity index (χ3v) is 4.39. The molecule has 0 fully saturated rings. The molecule has 1 N–H and O–H groups in total. The molecule has 0 radical (unpaired) electrons. The Morgan fingerprint density at radius 2 is 1.75 bits per heavy atom. The van der Waals surface area contributed by atoms with Crippen molar-refractivity contribution in [2.75, 3.05) is 5.32 Å². The fourth-order valence-corrected chi connectivity index (χ4v) is 3.02. The zero-order valence-corrected chi connectivity index (χ0v) is 15.0. The van der Waals surface area contributed by atoms with E-state index >= 15 is 0 Å². The van der Waals surface area contributed by atoms with Crippen molar-refractivity contribution in [2.24, 2.45) is 0 Å². The molecule has 1 amide bonds. The summed E-state index contributed by atoms with van der Waals surface area (Å²) >= 11 is 0. The summed E-state index contributed by atoms with van der Waals surface area (Å²) in [6, 6.07) is 23.2. The van der Waals surface area contributed by atoms with Gasteiger partial charge in [0.1, 0.15) is 5.82 Å². The summed E-state index contributed by atoms with van der Waals surface area (Å²) in [5.74, 6) is -0.823. The van der Waals surface area contributed by atoms with Gasteiger partial charge >= 0.3 is 0 Å². The van der Waals surface area contributed by atoms with Crippen molar-refractivity contribution in [3.8, 4) is 0 Å². The highest BCUT2D eigenvalue weighted by Crippen LogP contribution is 2.26. The van der Waals surface area contributed by atoms with Crippen molar-refractivity contribution in [2.45, 2.75) is 0 Å². The van der Waals surface area contributed by atoms with E-state index in [1.807, 2.05) is 66.7 Å². The van der Waals surface area contributed by atoms with Crippen LogP contribution in [0, 0.1) is 5.82 Å². The zero-order valence-electron chi connectivity index (χ0n) is 15.0. The summed E-state index contributed by atoms with van der Waals surface area (Å²) in [6.45, 7) is 0. The van der Waals surface area contributed by atoms with E-state index in [-0.39, 0.29) is 11.5 Å². The summed E-state index contributed by atoms with van der Waals surface area (Å²) in [6.07, 6.45) is 5.75. The van der Waals surface area contributed by atoms with E-state index in [0.29, 0.717) is 11.2 Å². The maximum Gasteiger partial charge on any atom is 0.255 e. The number of aromatic nitrogens is 1. The van der Waals surface area contributed by atoms with Gasteiger partial charge < -0.3 is 5.32 Å². The normalized spacial score (nSPS) is 11.0. The monoisotopic (exact) mass is 368 g/mol. The second-order valence-electron chi connectivity index (χ2n) is 6.31. The Bertz CT molecular complexity index is 1170. The van der Waals surface area contributed by atoms with Gasteiger partial charge in [-0.3, -0.25) is 9.78 Å². The van der Waals surface area contributed by atoms with Crippen molar-refractivity contribution < 1.29 is 9.18 Å². The number of rotatable bonds is 4. The molecule has 0 aliphatic carbocycles. The molecule has 1 aromatic heterocycles. The largest absolute Gasteiger partial charge is 0.320 e. The minimum absolute atomic E-state index is 0.261. The molecule has 4 rings (SSSR count). The van der Waals surface area contributed by atoms with Crippen LogP contribution in [0.4, 0.5) is 10.1 Å². The van der Waals surface area contributed by atoms with Crippen LogP contribution < -0.4 is 5.32 Å². The molecule has 4 heteroatoms. The molecular formula is C24H17FN2O. The van der Waals surface area contributed by atoms with E-state index in [1.165, 1.54) is 18.2 Å². The zero-order chi connectivity index (χ0) is 19.3. The Kier molecular flexibility index (Phi) is 4.93. The first-order chi connectivity index (χ1) is 13.7. The van der Waals surface area contributed by atoms with Crippen molar-refractivity contribution >= 4 is 34.6 Å². The molecule has 0 atom stereocenters. The highest BCUT2D eigenvalue weighted by atomic mass is 19.1. The number of carbonyl (C=O) groups excluding carboxylic acids is 1. The average molecular weight is 368 g/mol. The van der Waals surface area contributed by atoms with Crippen LogP contribution in [0.25, 0.3) is 23.1 Å². The molecule has 3 nitrogen and oxygen atoms in total. The van der Waals surface area contributed by atoms with Gasteiger partial charge in [0.25, 0.3) is 5.91 Å². The summed E-state index contributed by atoms with van der Waals surface area (Å²) in [5, 5.41) is 3.76. The molecule has 136 valence electrons. The minimum Gasteiger partial charge on any atom is -0.320 e. The van der Waals surface area contributed by atoms with Crippen LogP contribution in [0.3, 0.4) is 0 Å². The number of nitrogens with zero attached hydrogens (tertiary/aromatic N) is 1. The Balaban J connectivity index is 1.68. The van der Waals surface area contributed by atoms with Gasteiger partial charge in [-0.05, 0) is 41.5 Å². The number of anilines is 1. The second-order valence-corrected chi connectivity index (χ2v) is 6.31. The molecule has 0 saturated carbocycles. The molecule has 3 aromatic carbocycles. The van der Waals surface area contributed by atoms with Gasteiger partial charge in [0.2, 0.25) is 0 Å². The molecule has 28 heavy (non-hydrogen) atoms. The topological polar surface area (TPSA) is 42.0 Å². The molecule has 4 aromatic rings. The lowest BCUT2D eigenvalue weighted by atomic mass is 10.0. The molecule has 0 spiro atoms. The van der Waals surface area contributed by atoms with E-state index < -0.39 is 5.82 Å². The number of benzene rings is 3. The third-order valence-electron chi connectivity index (χ3n) is 4.39. The predicted octanol–water partition coefficient (Wildman–Crippen LogP) is 5.80. The molecule has 0 saturated heterocycles. The lowest BCUT2D eigenvalue weighted by Crippen LogP contribution is -2.12. The Morgan fingerprint density at radius 3 is 2.57 bits per heavy atom. The van der Waals surface area contributed by atoms with Gasteiger partial charge in [-0.25, -0.2) is 4.39 Å². The van der Waals surface area contributed by atoms with Crippen LogP contribution in [0.1, 0.15) is 21.5 Å². The van der Waals surface area contributed by atoms with Crippen molar-refractivity contribution in [3.63, 3.8) is 0 Å². The van der Waals surface area contributed by atoms with Gasteiger partial charge in [-0.1, -0.05) is 60.7 Å². The quantitative estimate of drug-likeness (QED) is 0.463. The molecule has 0 unspecified atom stereocenters. The Hall–Kier alpha value is -3.79. The predicted molar refractivity (Wildman–Crippen MR) is 111 cm³/mol. The molecule has 1 heterocycles. The number of amides is 1. The van der Waals surface area contributed by atoms with Gasteiger partial charge in [0.15, 0.2) is 0 Å². The second kappa shape index (κ2) is 7.84. The minimum atomic E-state index is -0.447. The standard InChI is InChI=1S/C24H17FN2O/c25-20-9-4-8-19(16-20)24(28)27-22-14-13-18(21-10-5-15-26-23(21)22)12-11-17-6-2-1-3-7-17/h1-16H,(H,27,28). The number of halogens is 1. The molecular weight excluding hydrogens is 351 g/mol. The fourth-order valence-electron chi connectivity index (χ4n) is 3.02. The molecule has 0 aliphatic heterocycles. The summed E-state index contributed by atoms with van der Waals surface area (Å²) in [4.78, 5) is 16.9. The van der Waals surface area contributed by atoms with Crippen LogP contribution in [-0.2, 0) is 0 Å². The average Bonchev–Trinajstić information content (AvgIpc) is 2.74. The van der Waals surface area contributed by atoms with Crippen molar-refractivity contribution in [3.05, 3.63) is 108 Å². The lowest BCUT2D eigenvalue weighted by molar-refractivity contribution is 0.102. The highest BCUT2D eigenvalue weighted by molar-refractivity contribution is 6.09. The molecule has 0 aliphatic rings. The van der Waals surface area contributed by atoms with Crippen LogP contribution in [-0.4, -0.2) is 10.9 Å². The number of hydrogen-bond acceptors (Lipinski definition) is 2. The van der Waals surface area contributed by atoms with Crippen molar-refractivity contribution in [1.82, 2.24) is 4.98 Å². The first-order valence-corrected chi connectivity index (χ1v) is 8.88. The van der Waals surface area contributed by atoms with Crippen LogP contribution >= 0.6 is 0 Å². The lowest BCUT2D eigenvalue weighted by Gasteiger charge is -2.10. The van der Waals surface area contributed by atoms with Crippen LogP contribution in [0.5, 0.6) is 0 Å². The maximum atomic E-state index is 13.4. The summed E-state index contributed by atoms with van der Waals surface area (Å²) in [5.41, 5.74) is 3.63.